The number of hydrogen-bond donors (Lipinski definition) is 0. The van der Waals surface area contributed by atoms with E-state index in [4.69, 9.17) is 0 Å². The average Bonchev–Trinajstić information content (AvgIpc) is 4.01. The maximum Gasteiger partial charge on any atom is 0.100 e. The van der Waals surface area contributed by atoms with Gasteiger partial charge in [0.2, 0.25) is 0 Å². The van der Waals surface area contributed by atoms with Crippen molar-refractivity contribution in [3.8, 4) is 101 Å². The molecule has 0 fully saturated rings. The molecule has 11 aromatic rings. The van der Waals surface area contributed by atoms with E-state index in [0.29, 0.717) is 11.1 Å². The van der Waals surface area contributed by atoms with Gasteiger partial charge in [-0.25, -0.2) is 0 Å². The van der Waals surface area contributed by atoms with Crippen molar-refractivity contribution in [1.82, 2.24) is 0 Å². The zero-order valence-corrected chi connectivity index (χ0v) is 46.1. The molecular weight excluding hydrogens is 1000 g/mol. The van der Waals surface area contributed by atoms with Crippen LogP contribution in [-0.2, 0) is 0 Å². The average molecular weight is 1060 g/mol. The fourth-order valence-electron chi connectivity index (χ4n) is 12.2. The molecule has 0 amide bonds. The normalized spacial score (nSPS) is 13.9. The van der Waals surface area contributed by atoms with Gasteiger partial charge in [0.25, 0.3) is 0 Å². The van der Waals surface area contributed by atoms with Gasteiger partial charge in [-0.3, -0.25) is 0 Å². The summed E-state index contributed by atoms with van der Waals surface area (Å²) >= 11 is 0. The van der Waals surface area contributed by atoms with Crippen LogP contribution in [0.1, 0.15) is 65.0 Å². The van der Waals surface area contributed by atoms with Crippen LogP contribution in [0.5, 0.6) is 0 Å². The van der Waals surface area contributed by atoms with Gasteiger partial charge >= 0.3 is 0 Å². The molecule has 0 spiro atoms. The number of benzene rings is 11. The van der Waals surface area contributed by atoms with Gasteiger partial charge in [-0.2, -0.15) is 10.5 Å². The zero-order valence-electron chi connectivity index (χ0n) is 46.1. The maximum atomic E-state index is 11.5. The second-order valence-electron chi connectivity index (χ2n) is 21.6. The lowest BCUT2D eigenvalue weighted by atomic mass is 9.77. The van der Waals surface area contributed by atoms with E-state index in [2.05, 4.69) is 285 Å². The Hall–Kier alpha value is -10.6. The molecule has 83 heavy (non-hydrogen) atoms. The second-order valence-corrected chi connectivity index (χ2v) is 21.6. The van der Waals surface area contributed by atoms with Gasteiger partial charge in [-0.1, -0.05) is 243 Å². The minimum atomic E-state index is -0.126. The van der Waals surface area contributed by atoms with Crippen molar-refractivity contribution in [1.29, 1.82) is 10.5 Å². The van der Waals surface area contributed by atoms with Gasteiger partial charge in [-0.15, -0.1) is 0 Å². The minimum Gasteiger partial charge on any atom is -0.192 e. The first-order valence-electron chi connectivity index (χ1n) is 28.7. The summed E-state index contributed by atoms with van der Waals surface area (Å²) in [7, 11) is 0. The third kappa shape index (κ3) is 11.0. The van der Waals surface area contributed by atoms with E-state index in [1.54, 1.807) is 0 Å². The van der Waals surface area contributed by atoms with Crippen molar-refractivity contribution in [2.24, 2.45) is 0 Å². The zero-order chi connectivity index (χ0) is 55.9. The molecule has 1 atom stereocenters. The highest BCUT2D eigenvalue weighted by atomic mass is 14.3. The Morgan fingerprint density at radius 1 is 0.325 bits per heavy atom. The van der Waals surface area contributed by atoms with Crippen LogP contribution < -0.4 is 0 Å². The summed E-state index contributed by atoms with van der Waals surface area (Å²) in [4.78, 5) is 0. The fraction of sp³-hybridized carbons (Fsp3) is 0.0617. The van der Waals surface area contributed by atoms with Gasteiger partial charge in [0.1, 0.15) is 12.1 Å². The van der Waals surface area contributed by atoms with Crippen LogP contribution in [0, 0.1) is 22.7 Å². The standard InChI is InChI=1S/C81H58N2/c82-54-80-76(67-38-18-33-62(43-67)57-24-9-3-10-25-57)50-74(51-77(80)68-39-19-34-63(44-68)58-26-11-4-12-27-58)72-47-71(66-37-17-32-61(42-66)56-22-7-1-2-8-23-56)48-73(49-72)75-52-78(69-40-20-35-64(45-69)59-28-13-5-14-29-59)81(55-83)79(53-75)70-41-21-36-65(46-70)60-30-15-6-16-31-60/h1,3-7,9-22,24-47,49-53,73H,2,8,23,48H2. The smallest absolute Gasteiger partial charge is 0.100 e. The highest BCUT2D eigenvalue weighted by Crippen LogP contribution is 2.46. The Balaban J connectivity index is 1.05. The quantitative estimate of drug-likeness (QED) is 0.122. The molecule has 0 aromatic heterocycles. The summed E-state index contributed by atoms with van der Waals surface area (Å²) in [6.07, 6.45) is 15.5. The predicted molar refractivity (Wildman–Crippen MR) is 347 cm³/mol. The molecule has 0 bridgehead atoms. The minimum absolute atomic E-state index is 0.126. The van der Waals surface area contributed by atoms with Crippen molar-refractivity contribution < 1.29 is 0 Å². The number of rotatable bonds is 12. The number of nitrogens with zero attached hydrogens (tertiary/aromatic N) is 2. The summed E-state index contributed by atoms with van der Waals surface area (Å²) < 4.78 is 0. The predicted octanol–water partition coefficient (Wildman–Crippen LogP) is 21.5. The number of allylic oxidation sites excluding steroid dienone is 8. The van der Waals surface area contributed by atoms with Crippen molar-refractivity contribution in [2.75, 3.05) is 0 Å². The van der Waals surface area contributed by atoms with Crippen molar-refractivity contribution in [3.63, 3.8) is 0 Å². The van der Waals surface area contributed by atoms with Crippen LogP contribution in [0.3, 0.4) is 0 Å². The molecule has 392 valence electrons. The van der Waals surface area contributed by atoms with Gasteiger partial charge < -0.3 is 0 Å². The Morgan fingerprint density at radius 3 is 1.08 bits per heavy atom. The topological polar surface area (TPSA) is 47.6 Å². The van der Waals surface area contributed by atoms with Crippen LogP contribution >= 0.6 is 0 Å². The summed E-state index contributed by atoms with van der Waals surface area (Å²) in [5.74, 6) is -0.126. The summed E-state index contributed by atoms with van der Waals surface area (Å²) in [6.45, 7) is 0. The van der Waals surface area contributed by atoms with Crippen LogP contribution in [0.25, 0.3) is 106 Å². The molecule has 2 heteroatoms. The van der Waals surface area contributed by atoms with E-state index in [0.717, 1.165) is 131 Å². The molecule has 2 aliphatic rings. The molecule has 0 aliphatic heterocycles. The Kier molecular flexibility index (Phi) is 14.7. The highest BCUT2D eigenvalue weighted by Gasteiger charge is 2.26. The van der Waals surface area contributed by atoms with Crippen LogP contribution in [0.2, 0.25) is 0 Å². The first-order chi connectivity index (χ1) is 41.0. The van der Waals surface area contributed by atoms with E-state index >= 15 is 0 Å². The molecule has 0 radical (unpaired) electrons. The Labute approximate surface area is 487 Å². The van der Waals surface area contributed by atoms with Crippen molar-refractivity contribution in [3.05, 3.63) is 331 Å². The summed E-state index contributed by atoms with van der Waals surface area (Å²) in [5, 5.41) is 22.9. The monoisotopic (exact) mass is 1060 g/mol. The van der Waals surface area contributed by atoms with E-state index in [9.17, 15) is 10.5 Å². The molecule has 0 N–H and O–H groups in total. The number of nitriles is 2. The highest BCUT2D eigenvalue weighted by molar-refractivity contribution is 5.95. The van der Waals surface area contributed by atoms with E-state index in [-0.39, 0.29) is 5.92 Å². The first kappa shape index (κ1) is 51.8. The SMILES string of the molecule is N#Cc1c(-c2cccc(-c3ccccc3)c2)cc(C2=CC(c3cc(-c4cccc(-c5ccccc5)c4)c(C#N)c(-c4cccc(-c5ccccc5)c4)c3)CC(c3cccc(C4=CC=CCCC4)c3)=C2)cc1-c1cccc(-c2ccccc2)c1. The van der Waals surface area contributed by atoms with Gasteiger partial charge in [0, 0.05) is 28.2 Å². The van der Waals surface area contributed by atoms with E-state index in [1.807, 2.05) is 24.3 Å². The van der Waals surface area contributed by atoms with Gasteiger partial charge in [-0.05, 0) is 186 Å². The molecule has 2 nitrogen and oxygen atoms in total. The molecule has 2 aliphatic carbocycles. The van der Waals surface area contributed by atoms with Crippen LogP contribution in [-0.4, -0.2) is 0 Å². The Bertz CT molecular complexity index is 4220. The third-order valence-corrected chi connectivity index (χ3v) is 16.4. The second kappa shape index (κ2) is 23.6. The maximum absolute atomic E-state index is 11.5. The van der Waals surface area contributed by atoms with Crippen LogP contribution in [0.4, 0.5) is 0 Å². The van der Waals surface area contributed by atoms with Crippen molar-refractivity contribution in [2.45, 2.75) is 31.6 Å². The van der Waals surface area contributed by atoms with Crippen LogP contribution in [0.15, 0.2) is 297 Å². The molecule has 0 saturated heterocycles. The van der Waals surface area contributed by atoms with Gasteiger partial charge in [0.05, 0.1) is 11.1 Å². The molecule has 11 aromatic carbocycles. The van der Waals surface area contributed by atoms with E-state index in [1.165, 1.54) is 22.3 Å². The molecule has 0 saturated carbocycles. The summed E-state index contributed by atoms with van der Waals surface area (Å²) in [6, 6.07) is 100. The lowest BCUT2D eigenvalue weighted by Gasteiger charge is -2.26. The van der Waals surface area contributed by atoms with Crippen molar-refractivity contribution >= 4 is 16.7 Å². The lowest BCUT2D eigenvalue weighted by Crippen LogP contribution is -2.06. The Morgan fingerprint density at radius 2 is 0.675 bits per heavy atom. The molecule has 0 heterocycles. The van der Waals surface area contributed by atoms with Gasteiger partial charge in [0.15, 0.2) is 0 Å². The lowest BCUT2D eigenvalue weighted by molar-refractivity contribution is 0.871. The molecular formula is C81H58N2. The summed E-state index contributed by atoms with van der Waals surface area (Å²) in [5.41, 5.74) is 25.7. The molecule has 1 unspecified atom stereocenters. The first-order valence-corrected chi connectivity index (χ1v) is 28.7. The molecule has 13 rings (SSSR count). The largest absolute Gasteiger partial charge is 0.192 e. The van der Waals surface area contributed by atoms with E-state index < -0.39 is 0 Å². The fourth-order valence-corrected chi connectivity index (χ4v) is 12.2. The number of hydrogen-bond acceptors (Lipinski definition) is 2. The third-order valence-electron chi connectivity index (χ3n) is 16.4.